The van der Waals surface area contributed by atoms with Crippen molar-refractivity contribution in [3.63, 3.8) is 0 Å². The largest absolute Gasteiger partial charge is 0.466 e. The Morgan fingerprint density at radius 3 is 2.40 bits per heavy atom. The highest BCUT2D eigenvalue weighted by atomic mass is 28.4. The van der Waals surface area contributed by atoms with E-state index in [1.54, 1.807) is 0 Å². The molecule has 0 aliphatic carbocycles. The van der Waals surface area contributed by atoms with E-state index >= 15 is 0 Å². The van der Waals surface area contributed by atoms with Gasteiger partial charge in [0.15, 0.2) is 8.32 Å². The molecule has 0 aromatic carbocycles. The number of carbonyl (C=O) groups is 1. The predicted molar refractivity (Wildman–Crippen MR) is 82.8 cm³/mol. The summed E-state index contributed by atoms with van der Waals surface area (Å²) >= 11 is 0. The molecule has 116 valence electrons. The number of nitrogens with zero attached hydrogens (tertiary/aromatic N) is 1. The lowest BCUT2D eigenvalue weighted by Crippen LogP contribution is -2.44. The third-order valence-electron chi connectivity index (χ3n) is 3.74. The first-order valence-corrected chi connectivity index (χ1v) is 10.2. The second-order valence-electron chi connectivity index (χ2n) is 6.64. The number of hydrogen-bond donors (Lipinski definition) is 0. The van der Waals surface area contributed by atoms with Gasteiger partial charge in [-0.05, 0) is 24.6 Å². The quantitative estimate of drug-likeness (QED) is 0.386. The Kier molecular flexibility index (Phi) is 8.07. The second kappa shape index (κ2) is 8.43. The van der Waals surface area contributed by atoms with Crippen LogP contribution in [0.25, 0.3) is 0 Å². The Morgan fingerprint density at radius 1 is 1.35 bits per heavy atom. The summed E-state index contributed by atoms with van der Waals surface area (Å²) in [6, 6.07) is 2.10. The number of nitriles is 1. The minimum atomic E-state index is -1.97. The van der Waals surface area contributed by atoms with Crippen LogP contribution in [0.3, 0.4) is 0 Å². The van der Waals surface area contributed by atoms with Crippen LogP contribution in [-0.4, -0.2) is 27.0 Å². The molecule has 0 saturated heterocycles. The molecule has 1 unspecified atom stereocenters. The summed E-state index contributed by atoms with van der Waals surface area (Å²) in [6.07, 6.45) is 1.92. The van der Waals surface area contributed by atoms with E-state index in [2.05, 4.69) is 39.9 Å². The van der Waals surface area contributed by atoms with Gasteiger partial charge in [0.25, 0.3) is 0 Å². The Bertz CT molecular complexity index is 342. The van der Waals surface area contributed by atoms with Gasteiger partial charge in [0, 0.05) is 0 Å². The van der Waals surface area contributed by atoms with Crippen LogP contribution in [0.1, 0.15) is 53.4 Å². The first-order valence-electron chi connectivity index (χ1n) is 7.34. The van der Waals surface area contributed by atoms with Crippen molar-refractivity contribution in [2.45, 2.75) is 77.6 Å². The summed E-state index contributed by atoms with van der Waals surface area (Å²) in [5, 5.41) is 8.96. The van der Waals surface area contributed by atoms with E-state index in [-0.39, 0.29) is 30.0 Å². The van der Waals surface area contributed by atoms with Crippen LogP contribution >= 0.6 is 0 Å². The normalized spacial score (nSPS) is 13.7. The average molecular weight is 299 g/mol. The molecule has 0 aromatic heterocycles. The highest BCUT2D eigenvalue weighted by molar-refractivity contribution is 6.74. The van der Waals surface area contributed by atoms with Gasteiger partial charge in [0.1, 0.15) is 0 Å². The first kappa shape index (κ1) is 19.1. The summed E-state index contributed by atoms with van der Waals surface area (Å²) < 4.78 is 11.3. The minimum absolute atomic E-state index is 0.0623. The SMILES string of the molecule is CCCCOC(=O)CC(CC#N)O[Si](C)(C)C(C)(C)C. The molecule has 20 heavy (non-hydrogen) atoms. The molecule has 0 heterocycles. The number of esters is 1. The average Bonchev–Trinajstić information content (AvgIpc) is 2.27. The molecule has 4 nitrogen and oxygen atoms in total. The highest BCUT2D eigenvalue weighted by Gasteiger charge is 2.39. The Balaban J connectivity index is 4.51. The molecular weight excluding hydrogens is 270 g/mol. The monoisotopic (exact) mass is 299 g/mol. The molecule has 0 bridgehead atoms. The Morgan fingerprint density at radius 2 is 1.95 bits per heavy atom. The van der Waals surface area contributed by atoms with Gasteiger partial charge in [-0.3, -0.25) is 4.79 Å². The van der Waals surface area contributed by atoms with Crippen molar-refractivity contribution in [1.29, 1.82) is 5.26 Å². The van der Waals surface area contributed by atoms with Crippen molar-refractivity contribution >= 4 is 14.3 Å². The van der Waals surface area contributed by atoms with Gasteiger partial charge in [-0.1, -0.05) is 34.1 Å². The third kappa shape index (κ3) is 7.06. The van der Waals surface area contributed by atoms with Crippen LogP contribution < -0.4 is 0 Å². The Hall–Kier alpha value is -0.863. The maximum Gasteiger partial charge on any atom is 0.308 e. The molecule has 0 N–H and O–H groups in total. The van der Waals surface area contributed by atoms with Crippen molar-refractivity contribution in [2.24, 2.45) is 0 Å². The smallest absolute Gasteiger partial charge is 0.308 e. The third-order valence-corrected chi connectivity index (χ3v) is 8.28. The van der Waals surface area contributed by atoms with Crippen LogP contribution in [0, 0.1) is 11.3 Å². The number of ether oxygens (including phenoxy) is 1. The molecule has 0 amide bonds. The number of carbonyl (C=O) groups excluding carboxylic acids is 1. The molecule has 0 radical (unpaired) electrons. The van der Waals surface area contributed by atoms with E-state index in [0.29, 0.717) is 6.61 Å². The van der Waals surface area contributed by atoms with Crippen molar-refractivity contribution in [3.05, 3.63) is 0 Å². The highest BCUT2D eigenvalue weighted by Crippen LogP contribution is 2.37. The van der Waals surface area contributed by atoms with E-state index in [0.717, 1.165) is 12.8 Å². The minimum Gasteiger partial charge on any atom is -0.466 e. The van der Waals surface area contributed by atoms with Crippen LogP contribution in [0.2, 0.25) is 18.1 Å². The van der Waals surface area contributed by atoms with Gasteiger partial charge in [-0.25, -0.2) is 0 Å². The molecule has 0 spiro atoms. The van der Waals surface area contributed by atoms with Crippen molar-refractivity contribution in [1.82, 2.24) is 0 Å². The molecule has 0 fully saturated rings. The maximum atomic E-state index is 11.7. The van der Waals surface area contributed by atoms with Crippen molar-refractivity contribution in [2.75, 3.05) is 6.61 Å². The van der Waals surface area contributed by atoms with Crippen LogP contribution in [0.5, 0.6) is 0 Å². The van der Waals surface area contributed by atoms with Crippen LogP contribution in [0.4, 0.5) is 0 Å². The summed E-state index contributed by atoms with van der Waals surface area (Å²) in [5.41, 5.74) is 0. The second-order valence-corrected chi connectivity index (χ2v) is 11.4. The molecule has 0 rings (SSSR count). The number of unbranched alkanes of at least 4 members (excludes halogenated alkanes) is 1. The fourth-order valence-electron chi connectivity index (χ4n) is 1.43. The first-order chi connectivity index (χ1) is 9.14. The lowest BCUT2D eigenvalue weighted by molar-refractivity contribution is -0.145. The van der Waals surface area contributed by atoms with Gasteiger partial charge >= 0.3 is 5.97 Å². The number of hydrogen-bond acceptors (Lipinski definition) is 4. The molecule has 1 atom stereocenters. The van der Waals surface area contributed by atoms with Gasteiger partial charge in [-0.2, -0.15) is 5.26 Å². The zero-order valence-corrected chi connectivity index (χ0v) is 14.8. The summed E-state index contributed by atoms with van der Waals surface area (Å²) in [6.45, 7) is 13.2. The van der Waals surface area contributed by atoms with E-state index < -0.39 is 8.32 Å². The lowest BCUT2D eigenvalue weighted by Gasteiger charge is -2.38. The molecule has 0 aliphatic heterocycles. The molecule has 5 heteroatoms. The van der Waals surface area contributed by atoms with E-state index in [1.165, 1.54) is 0 Å². The zero-order valence-electron chi connectivity index (χ0n) is 13.8. The topological polar surface area (TPSA) is 59.3 Å². The zero-order chi connectivity index (χ0) is 15.8. The van der Waals surface area contributed by atoms with Crippen molar-refractivity contribution < 1.29 is 14.0 Å². The van der Waals surface area contributed by atoms with E-state index in [1.807, 2.05) is 6.92 Å². The Labute approximate surface area is 124 Å². The van der Waals surface area contributed by atoms with E-state index in [9.17, 15) is 4.79 Å². The summed E-state index contributed by atoms with van der Waals surface area (Å²) in [4.78, 5) is 11.7. The summed E-state index contributed by atoms with van der Waals surface area (Å²) in [7, 11) is -1.97. The summed E-state index contributed by atoms with van der Waals surface area (Å²) in [5.74, 6) is -0.266. The fraction of sp³-hybridized carbons (Fsp3) is 0.867. The van der Waals surface area contributed by atoms with Gasteiger partial charge < -0.3 is 9.16 Å². The van der Waals surface area contributed by atoms with Crippen LogP contribution in [-0.2, 0) is 14.0 Å². The molecule has 0 saturated carbocycles. The molecule has 0 aromatic rings. The standard InChI is InChI=1S/C15H29NO3Si/c1-7-8-11-18-14(17)12-13(9-10-16)19-20(5,6)15(2,3)4/h13H,7-9,11-12H2,1-6H3. The fourth-order valence-corrected chi connectivity index (χ4v) is 2.78. The van der Waals surface area contributed by atoms with Gasteiger partial charge in [0.2, 0.25) is 0 Å². The molecular formula is C15H29NO3Si. The van der Waals surface area contributed by atoms with Gasteiger partial charge in [0.05, 0.1) is 31.6 Å². The maximum absolute atomic E-state index is 11.7. The number of rotatable bonds is 8. The van der Waals surface area contributed by atoms with E-state index in [4.69, 9.17) is 14.4 Å². The van der Waals surface area contributed by atoms with Crippen LogP contribution in [0.15, 0.2) is 0 Å². The van der Waals surface area contributed by atoms with Gasteiger partial charge in [-0.15, -0.1) is 0 Å². The van der Waals surface area contributed by atoms with Crippen molar-refractivity contribution in [3.8, 4) is 6.07 Å². The lowest BCUT2D eigenvalue weighted by atomic mass is 10.2. The molecule has 0 aliphatic rings. The predicted octanol–water partition coefficient (Wildman–Crippen LogP) is 4.02.